The molecule has 1 aromatic heterocycles. The molecule has 1 amide bonds. The minimum atomic E-state index is -0.352. The Morgan fingerprint density at radius 2 is 1.73 bits per heavy atom. The van der Waals surface area contributed by atoms with Crippen LogP contribution in [0.1, 0.15) is 12.5 Å². The Hall–Kier alpha value is -3.35. The molecule has 7 heteroatoms. The van der Waals surface area contributed by atoms with Crippen molar-refractivity contribution < 1.29 is 18.9 Å². The molecule has 3 rings (SSSR count). The number of ether oxygens (including phenoxy) is 2. The Morgan fingerprint density at radius 1 is 1.04 bits per heavy atom. The van der Waals surface area contributed by atoms with Crippen molar-refractivity contribution >= 4 is 11.7 Å². The van der Waals surface area contributed by atoms with Crippen molar-refractivity contribution in [2.24, 2.45) is 0 Å². The molecule has 0 aliphatic carbocycles. The number of methoxy groups -OCH3 is 1. The monoisotopic (exact) mass is 353 g/mol. The number of carbonyl (C=O) groups excluding carboxylic acids is 1. The zero-order chi connectivity index (χ0) is 18.4. The first-order chi connectivity index (χ1) is 12.7. The molecule has 0 atom stereocenters. The summed E-state index contributed by atoms with van der Waals surface area (Å²) in [7, 11) is 1.59. The highest BCUT2D eigenvalue weighted by molar-refractivity contribution is 5.94. The molecule has 1 N–H and O–H groups in total. The maximum absolute atomic E-state index is 12.1. The Kier molecular flexibility index (Phi) is 5.48. The molecule has 26 heavy (non-hydrogen) atoms. The predicted molar refractivity (Wildman–Crippen MR) is 96.2 cm³/mol. The van der Waals surface area contributed by atoms with Crippen LogP contribution in [0.25, 0.3) is 11.3 Å². The van der Waals surface area contributed by atoms with Crippen LogP contribution in [0, 0.1) is 0 Å². The summed E-state index contributed by atoms with van der Waals surface area (Å²) in [5, 5.41) is 10.2. The van der Waals surface area contributed by atoms with Gasteiger partial charge in [-0.15, -0.1) is 0 Å². The third-order valence-corrected chi connectivity index (χ3v) is 3.81. The number of hydrogen-bond acceptors (Lipinski definition) is 6. The van der Waals surface area contributed by atoms with Gasteiger partial charge in [-0.05, 0) is 58.7 Å². The van der Waals surface area contributed by atoms with Crippen molar-refractivity contribution in [3.8, 4) is 22.8 Å². The van der Waals surface area contributed by atoms with Gasteiger partial charge in [-0.3, -0.25) is 4.79 Å². The number of nitrogens with zero attached hydrogens (tertiary/aromatic N) is 2. The average molecular weight is 353 g/mol. The first kappa shape index (κ1) is 17.5. The zero-order valence-corrected chi connectivity index (χ0v) is 14.6. The largest absolute Gasteiger partial charge is 0.497 e. The van der Waals surface area contributed by atoms with Crippen LogP contribution in [0.15, 0.2) is 53.2 Å². The van der Waals surface area contributed by atoms with Gasteiger partial charge >= 0.3 is 0 Å². The first-order valence-electron chi connectivity index (χ1n) is 8.18. The van der Waals surface area contributed by atoms with E-state index in [1.54, 1.807) is 31.4 Å². The second kappa shape index (κ2) is 8.15. The number of amides is 1. The summed E-state index contributed by atoms with van der Waals surface area (Å²) in [6.07, 6.45) is 0.952. The number of nitrogens with one attached hydrogen (secondary N) is 1. The van der Waals surface area contributed by atoms with Gasteiger partial charge in [0.1, 0.15) is 11.5 Å². The number of carbonyl (C=O) groups is 1. The van der Waals surface area contributed by atoms with Crippen molar-refractivity contribution in [3.05, 3.63) is 54.1 Å². The summed E-state index contributed by atoms with van der Waals surface area (Å²) in [6, 6.07) is 14.8. The number of rotatable bonds is 7. The minimum absolute atomic E-state index is 0.139. The van der Waals surface area contributed by atoms with E-state index in [1.165, 1.54) is 5.56 Å². The smallest absolute Gasteiger partial charge is 0.263 e. The standard InChI is InChI=1S/C19H19N3O4/c1-3-13-4-8-16(9-5-13)25-12-17(23)20-19-18(21-26-22-19)14-6-10-15(24-2)11-7-14/h4-11H,3,12H2,1-2H3,(H,20,22,23). The second-order valence-corrected chi connectivity index (χ2v) is 5.52. The summed E-state index contributed by atoms with van der Waals surface area (Å²) < 4.78 is 15.4. The molecule has 7 nitrogen and oxygen atoms in total. The van der Waals surface area contributed by atoms with Crippen molar-refractivity contribution in [1.29, 1.82) is 0 Å². The summed E-state index contributed by atoms with van der Waals surface area (Å²) >= 11 is 0. The summed E-state index contributed by atoms with van der Waals surface area (Å²) in [6.45, 7) is 1.94. The lowest BCUT2D eigenvalue weighted by atomic mass is 10.1. The molecular weight excluding hydrogens is 334 g/mol. The maximum Gasteiger partial charge on any atom is 0.263 e. The molecule has 0 aliphatic rings. The van der Waals surface area contributed by atoms with Crippen molar-refractivity contribution in [2.75, 3.05) is 19.0 Å². The number of aromatic nitrogens is 2. The van der Waals surface area contributed by atoms with Crippen LogP contribution in [0.2, 0.25) is 0 Å². The SMILES string of the molecule is CCc1ccc(OCC(=O)Nc2nonc2-c2ccc(OC)cc2)cc1. The lowest BCUT2D eigenvalue weighted by molar-refractivity contribution is -0.118. The molecule has 0 radical (unpaired) electrons. The van der Waals surface area contributed by atoms with Gasteiger partial charge in [-0.25, -0.2) is 4.63 Å². The lowest BCUT2D eigenvalue weighted by Gasteiger charge is -2.07. The van der Waals surface area contributed by atoms with Gasteiger partial charge in [0.15, 0.2) is 12.3 Å². The van der Waals surface area contributed by atoms with Gasteiger partial charge in [0.25, 0.3) is 5.91 Å². The van der Waals surface area contributed by atoms with Gasteiger partial charge in [-0.2, -0.15) is 0 Å². The van der Waals surface area contributed by atoms with Crippen LogP contribution in [-0.4, -0.2) is 29.9 Å². The van der Waals surface area contributed by atoms with E-state index in [1.807, 2.05) is 24.3 Å². The van der Waals surface area contributed by atoms with Crippen LogP contribution >= 0.6 is 0 Å². The molecule has 0 saturated heterocycles. The van der Waals surface area contributed by atoms with Crippen molar-refractivity contribution in [2.45, 2.75) is 13.3 Å². The highest BCUT2D eigenvalue weighted by atomic mass is 16.6. The number of aryl methyl sites for hydroxylation is 1. The van der Waals surface area contributed by atoms with Crippen LogP contribution in [0.3, 0.4) is 0 Å². The van der Waals surface area contributed by atoms with E-state index in [9.17, 15) is 4.79 Å². The zero-order valence-electron chi connectivity index (χ0n) is 14.6. The third-order valence-electron chi connectivity index (χ3n) is 3.81. The van der Waals surface area contributed by atoms with Crippen LogP contribution in [0.5, 0.6) is 11.5 Å². The minimum Gasteiger partial charge on any atom is -0.497 e. The van der Waals surface area contributed by atoms with Crippen molar-refractivity contribution in [1.82, 2.24) is 10.3 Å². The Balaban J connectivity index is 1.61. The van der Waals surface area contributed by atoms with Gasteiger partial charge in [0.05, 0.1) is 7.11 Å². The third kappa shape index (κ3) is 4.18. The summed E-state index contributed by atoms with van der Waals surface area (Å²) in [5.74, 6) is 1.24. The fourth-order valence-electron chi connectivity index (χ4n) is 2.35. The fraction of sp³-hybridized carbons (Fsp3) is 0.211. The Morgan fingerprint density at radius 3 is 2.38 bits per heavy atom. The average Bonchev–Trinajstić information content (AvgIpc) is 3.15. The fourth-order valence-corrected chi connectivity index (χ4v) is 2.35. The molecule has 0 unspecified atom stereocenters. The normalized spacial score (nSPS) is 10.4. The summed E-state index contributed by atoms with van der Waals surface area (Å²) in [4.78, 5) is 12.1. The van der Waals surface area contributed by atoms with E-state index in [2.05, 4.69) is 22.6 Å². The lowest BCUT2D eigenvalue weighted by Crippen LogP contribution is -2.20. The van der Waals surface area contributed by atoms with E-state index < -0.39 is 0 Å². The van der Waals surface area contributed by atoms with E-state index in [4.69, 9.17) is 14.1 Å². The quantitative estimate of drug-likeness (QED) is 0.701. The van der Waals surface area contributed by atoms with E-state index in [-0.39, 0.29) is 18.3 Å². The van der Waals surface area contributed by atoms with E-state index in [0.717, 1.165) is 17.7 Å². The van der Waals surface area contributed by atoms with Gasteiger partial charge in [0, 0.05) is 5.56 Å². The van der Waals surface area contributed by atoms with Crippen LogP contribution in [-0.2, 0) is 11.2 Å². The number of anilines is 1. The molecule has 3 aromatic rings. The predicted octanol–water partition coefficient (Wildman–Crippen LogP) is 3.33. The summed E-state index contributed by atoms with van der Waals surface area (Å²) in [5.41, 5.74) is 2.39. The Labute approximate surface area is 150 Å². The van der Waals surface area contributed by atoms with Gasteiger partial charge in [-0.1, -0.05) is 19.1 Å². The molecule has 0 bridgehead atoms. The van der Waals surface area contributed by atoms with Gasteiger partial charge in [0.2, 0.25) is 5.82 Å². The topological polar surface area (TPSA) is 86.5 Å². The number of hydrogen-bond donors (Lipinski definition) is 1. The van der Waals surface area contributed by atoms with Gasteiger partial charge < -0.3 is 14.8 Å². The molecular formula is C19H19N3O4. The first-order valence-corrected chi connectivity index (χ1v) is 8.18. The van der Waals surface area contributed by atoms with E-state index in [0.29, 0.717) is 11.4 Å². The molecule has 0 aliphatic heterocycles. The molecule has 1 heterocycles. The second-order valence-electron chi connectivity index (χ2n) is 5.52. The highest BCUT2D eigenvalue weighted by Crippen LogP contribution is 2.26. The molecule has 2 aromatic carbocycles. The van der Waals surface area contributed by atoms with Crippen LogP contribution in [0.4, 0.5) is 5.82 Å². The highest BCUT2D eigenvalue weighted by Gasteiger charge is 2.15. The van der Waals surface area contributed by atoms with Crippen molar-refractivity contribution in [3.63, 3.8) is 0 Å². The molecule has 0 spiro atoms. The molecule has 0 saturated carbocycles. The number of benzene rings is 2. The molecule has 0 fully saturated rings. The van der Waals surface area contributed by atoms with E-state index >= 15 is 0 Å². The van der Waals surface area contributed by atoms with Crippen LogP contribution < -0.4 is 14.8 Å². The Bertz CT molecular complexity index is 857. The molecule has 134 valence electrons. The maximum atomic E-state index is 12.1.